The minimum atomic E-state index is -0.604. The molecule has 0 spiro atoms. The fraction of sp³-hybridized carbons (Fsp3) is 0.261. The van der Waals surface area contributed by atoms with Gasteiger partial charge in [0.15, 0.2) is 11.6 Å². The number of amides is 1. The number of anilines is 6. The van der Waals surface area contributed by atoms with Crippen LogP contribution in [0.25, 0.3) is 0 Å². The molecule has 0 aliphatic carbocycles. The Morgan fingerprint density at radius 2 is 1.73 bits per heavy atom. The van der Waals surface area contributed by atoms with E-state index in [-0.39, 0.29) is 17.7 Å². The van der Waals surface area contributed by atoms with E-state index in [1.807, 2.05) is 12.1 Å². The monoisotopic (exact) mass is 469 g/mol. The van der Waals surface area contributed by atoms with Gasteiger partial charge in [0.2, 0.25) is 11.9 Å². The van der Waals surface area contributed by atoms with Gasteiger partial charge in [-0.2, -0.15) is 4.98 Å². The summed E-state index contributed by atoms with van der Waals surface area (Å²) in [5.74, 6) is -0.572. The Hall–Kier alpha value is -3.43. The van der Waals surface area contributed by atoms with Crippen LogP contribution in [0.3, 0.4) is 0 Å². The average Bonchev–Trinajstić information content (AvgIpc) is 2.79. The number of nitrogens with zero attached hydrogens (tertiary/aromatic N) is 4. The number of piperazine rings is 1. The molecule has 1 aliphatic rings. The molecular weight excluding hydrogens is 445 g/mol. The molecule has 2 aromatic carbocycles. The van der Waals surface area contributed by atoms with Gasteiger partial charge >= 0.3 is 0 Å². The van der Waals surface area contributed by atoms with E-state index in [4.69, 9.17) is 11.6 Å². The summed E-state index contributed by atoms with van der Waals surface area (Å²) in [6.07, 6.45) is 1.10. The van der Waals surface area contributed by atoms with Gasteiger partial charge < -0.3 is 25.8 Å². The van der Waals surface area contributed by atoms with Crippen molar-refractivity contribution >= 4 is 52.0 Å². The largest absolute Gasteiger partial charge is 0.369 e. The van der Waals surface area contributed by atoms with Crippen LogP contribution in [0.1, 0.15) is 6.92 Å². The fourth-order valence-electron chi connectivity index (χ4n) is 3.48. The number of nitrogens with one attached hydrogen (secondary N) is 3. The fourth-order valence-corrected chi connectivity index (χ4v) is 3.71. The Bertz CT molecular complexity index is 1130. The quantitative estimate of drug-likeness (QED) is 0.491. The van der Waals surface area contributed by atoms with Crippen molar-refractivity contribution in [3.05, 3.63) is 59.5 Å². The van der Waals surface area contributed by atoms with Gasteiger partial charge in [-0.15, -0.1) is 0 Å². The maximum Gasteiger partial charge on any atom is 0.229 e. The number of carbonyl (C=O) groups excluding carboxylic acids is 1. The van der Waals surface area contributed by atoms with Crippen LogP contribution >= 0.6 is 11.6 Å². The van der Waals surface area contributed by atoms with E-state index >= 15 is 0 Å². The molecule has 0 bridgehead atoms. The van der Waals surface area contributed by atoms with E-state index in [2.05, 4.69) is 54.9 Å². The molecule has 0 radical (unpaired) electrons. The second-order valence-corrected chi connectivity index (χ2v) is 8.26. The normalized spacial score (nSPS) is 14.1. The minimum Gasteiger partial charge on any atom is -0.369 e. The van der Waals surface area contributed by atoms with Crippen molar-refractivity contribution < 1.29 is 9.18 Å². The van der Waals surface area contributed by atoms with Gasteiger partial charge in [0, 0.05) is 50.2 Å². The first-order chi connectivity index (χ1) is 15.9. The SMILES string of the molecule is CC(=O)Nc1ccc(Nc2nc(Nc3ccc(N4CCN(C)CC4)cc3)ncc2F)cc1Cl. The number of aromatic nitrogens is 2. The highest BCUT2D eigenvalue weighted by Crippen LogP contribution is 2.28. The summed E-state index contributed by atoms with van der Waals surface area (Å²) < 4.78 is 14.3. The molecule has 10 heteroatoms. The zero-order valence-corrected chi connectivity index (χ0v) is 19.2. The molecule has 1 amide bonds. The van der Waals surface area contributed by atoms with Gasteiger partial charge in [0.05, 0.1) is 16.9 Å². The van der Waals surface area contributed by atoms with Gasteiger partial charge in [0.25, 0.3) is 0 Å². The van der Waals surface area contributed by atoms with Crippen LogP contribution in [0.2, 0.25) is 5.02 Å². The first-order valence-electron chi connectivity index (χ1n) is 10.5. The second kappa shape index (κ2) is 10.0. The summed E-state index contributed by atoms with van der Waals surface area (Å²) in [5.41, 5.74) is 2.96. The van der Waals surface area contributed by atoms with Crippen LogP contribution in [0.4, 0.5) is 38.9 Å². The van der Waals surface area contributed by atoms with Crippen molar-refractivity contribution in [3.8, 4) is 0 Å². The van der Waals surface area contributed by atoms with Crippen molar-refractivity contribution in [3.63, 3.8) is 0 Å². The molecule has 1 fully saturated rings. The zero-order valence-electron chi connectivity index (χ0n) is 18.4. The second-order valence-electron chi connectivity index (χ2n) is 7.85. The Labute approximate surface area is 196 Å². The maximum atomic E-state index is 14.3. The molecule has 33 heavy (non-hydrogen) atoms. The molecule has 1 aromatic heterocycles. The van der Waals surface area contributed by atoms with Gasteiger partial charge in [-0.25, -0.2) is 9.37 Å². The van der Waals surface area contributed by atoms with E-state index in [9.17, 15) is 9.18 Å². The highest BCUT2D eigenvalue weighted by molar-refractivity contribution is 6.34. The lowest BCUT2D eigenvalue weighted by Crippen LogP contribution is -2.44. The molecule has 0 atom stereocenters. The summed E-state index contributed by atoms with van der Waals surface area (Å²) in [6.45, 7) is 5.47. The van der Waals surface area contributed by atoms with Crippen LogP contribution in [-0.4, -0.2) is 54.0 Å². The van der Waals surface area contributed by atoms with Crippen molar-refractivity contribution in [1.82, 2.24) is 14.9 Å². The van der Waals surface area contributed by atoms with Crippen LogP contribution in [-0.2, 0) is 4.79 Å². The number of halogens is 2. The summed E-state index contributed by atoms with van der Waals surface area (Å²) in [5, 5.41) is 8.96. The van der Waals surface area contributed by atoms with Crippen molar-refractivity contribution in [2.45, 2.75) is 6.92 Å². The van der Waals surface area contributed by atoms with E-state index in [0.29, 0.717) is 16.4 Å². The number of carbonyl (C=O) groups is 1. The first kappa shape index (κ1) is 22.8. The molecule has 8 nitrogen and oxygen atoms in total. The topological polar surface area (TPSA) is 85.4 Å². The van der Waals surface area contributed by atoms with Crippen molar-refractivity contribution in [2.24, 2.45) is 0 Å². The Morgan fingerprint density at radius 1 is 1.03 bits per heavy atom. The van der Waals surface area contributed by atoms with Crippen LogP contribution in [0.5, 0.6) is 0 Å². The number of rotatable bonds is 6. The zero-order chi connectivity index (χ0) is 23.4. The Balaban J connectivity index is 1.44. The molecule has 4 rings (SSSR count). The lowest BCUT2D eigenvalue weighted by atomic mass is 10.2. The average molecular weight is 470 g/mol. The highest BCUT2D eigenvalue weighted by atomic mass is 35.5. The molecule has 2 heterocycles. The lowest BCUT2D eigenvalue weighted by molar-refractivity contribution is -0.114. The van der Waals surface area contributed by atoms with E-state index in [1.54, 1.807) is 18.2 Å². The van der Waals surface area contributed by atoms with E-state index in [1.165, 1.54) is 6.92 Å². The Kier molecular flexibility index (Phi) is 6.90. The number of hydrogen-bond donors (Lipinski definition) is 3. The smallest absolute Gasteiger partial charge is 0.229 e. The van der Waals surface area contributed by atoms with Gasteiger partial charge in [0.1, 0.15) is 0 Å². The van der Waals surface area contributed by atoms with Crippen LogP contribution in [0.15, 0.2) is 48.7 Å². The van der Waals surface area contributed by atoms with E-state index < -0.39 is 5.82 Å². The minimum absolute atomic E-state index is 0.00454. The predicted molar refractivity (Wildman–Crippen MR) is 130 cm³/mol. The molecular formula is C23H25ClFN7O. The van der Waals surface area contributed by atoms with Gasteiger partial charge in [-0.1, -0.05) is 11.6 Å². The van der Waals surface area contributed by atoms with Crippen molar-refractivity contribution in [2.75, 3.05) is 54.1 Å². The number of benzene rings is 2. The third-order valence-electron chi connectivity index (χ3n) is 5.28. The summed E-state index contributed by atoms with van der Waals surface area (Å²) >= 11 is 6.19. The maximum absolute atomic E-state index is 14.3. The highest BCUT2D eigenvalue weighted by Gasteiger charge is 2.14. The summed E-state index contributed by atoms with van der Waals surface area (Å²) in [6, 6.07) is 12.9. The van der Waals surface area contributed by atoms with Gasteiger partial charge in [-0.3, -0.25) is 4.79 Å². The van der Waals surface area contributed by atoms with Crippen LogP contribution in [0, 0.1) is 5.82 Å². The number of hydrogen-bond acceptors (Lipinski definition) is 7. The molecule has 0 unspecified atom stereocenters. The van der Waals surface area contributed by atoms with Gasteiger partial charge in [-0.05, 0) is 49.5 Å². The molecule has 3 aromatic rings. The molecule has 3 N–H and O–H groups in total. The summed E-state index contributed by atoms with van der Waals surface area (Å²) in [4.78, 5) is 24.2. The third kappa shape index (κ3) is 5.88. The lowest BCUT2D eigenvalue weighted by Gasteiger charge is -2.34. The number of likely N-dealkylation sites (N-methyl/N-ethyl adjacent to an activating group) is 1. The molecule has 1 aliphatic heterocycles. The molecule has 0 saturated carbocycles. The predicted octanol–water partition coefficient (Wildman–Crippen LogP) is 4.47. The molecule has 172 valence electrons. The standard InChI is InChI=1S/C23H25ClFN7O/c1-15(33)27-21-8-5-17(13-19(21)24)28-22-20(25)14-26-23(30-22)29-16-3-6-18(7-4-16)32-11-9-31(2)10-12-32/h3-8,13-14H,9-12H2,1-2H3,(H,27,33)(H2,26,28,29,30). The Morgan fingerprint density at radius 3 is 2.39 bits per heavy atom. The first-order valence-corrected chi connectivity index (χ1v) is 10.9. The van der Waals surface area contributed by atoms with E-state index in [0.717, 1.165) is 43.8 Å². The van der Waals surface area contributed by atoms with Crippen LogP contribution < -0.4 is 20.9 Å². The molecule has 1 saturated heterocycles. The third-order valence-corrected chi connectivity index (χ3v) is 5.59. The summed E-state index contributed by atoms with van der Waals surface area (Å²) in [7, 11) is 2.13. The van der Waals surface area contributed by atoms with Crippen molar-refractivity contribution in [1.29, 1.82) is 0 Å².